The van der Waals surface area contributed by atoms with Crippen molar-refractivity contribution >= 4 is 16.1 Å². The Morgan fingerprint density at radius 3 is 2.29 bits per heavy atom. The molecule has 0 spiro atoms. The number of ether oxygens (including phenoxy) is 1. The molecule has 24 heavy (non-hydrogen) atoms. The Bertz CT molecular complexity index is 719. The number of halogens is 2. The first-order chi connectivity index (χ1) is 11.2. The fraction of sp³-hybridized carbons (Fsp3) is 0.562. The third-order valence-electron chi connectivity index (χ3n) is 5.10. The molecule has 4 atom stereocenters. The minimum absolute atomic E-state index is 0.0508. The average Bonchev–Trinajstić information content (AvgIpc) is 2.52. The minimum Gasteiger partial charge on any atom is -0.456 e. The maximum absolute atomic E-state index is 13.5. The van der Waals surface area contributed by atoms with Crippen LogP contribution in [0.2, 0.25) is 0 Å². The van der Waals surface area contributed by atoms with E-state index < -0.39 is 27.4 Å². The Labute approximate surface area is 138 Å². The second kappa shape index (κ2) is 6.07. The first-order valence-corrected chi connectivity index (χ1v) is 9.28. The maximum atomic E-state index is 13.5. The molecule has 1 aromatic rings. The summed E-state index contributed by atoms with van der Waals surface area (Å²) in [7, 11) is -5.85. The molecule has 8 heteroatoms. The van der Waals surface area contributed by atoms with Crippen molar-refractivity contribution in [1.29, 1.82) is 0 Å². The lowest BCUT2D eigenvalue weighted by Crippen LogP contribution is -2.55. The largest absolute Gasteiger partial charge is 0.465 e. The second-order valence-corrected chi connectivity index (χ2v) is 7.87. The Morgan fingerprint density at radius 1 is 1.12 bits per heavy atom. The van der Waals surface area contributed by atoms with Gasteiger partial charge in [0.1, 0.15) is 6.10 Å². The molecule has 0 aromatic heterocycles. The zero-order valence-corrected chi connectivity index (χ0v) is 13.6. The van der Waals surface area contributed by atoms with E-state index in [1.807, 2.05) is 30.3 Å². The first kappa shape index (κ1) is 17.3. The zero-order valence-electron chi connectivity index (χ0n) is 12.8. The van der Waals surface area contributed by atoms with E-state index >= 15 is 0 Å². The summed E-state index contributed by atoms with van der Waals surface area (Å²) in [5, 5.41) is -4.95. The van der Waals surface area contributed by atoms with Crippen molar-refractivity contribution in [3.05, 3.63) is 35.9 Å². The van der Waals surface area contributed by atoms with Crippen LogP contribution in [-0.2, 0) is 19.6 Å². The van der Waals surface area contributed by atoms with E-state index in [9.17, 15) is 22.0 Å². The lowest BCUT2D eigenvalue weighted by atomic mass is 9.54. The SMILES string of the molecule is O=C(OC1C2CCCCC2C1c1ccccc1)C(F)(F)S(=O)(=O)O. The molecule has 0 saturated heterocycles. The van der Waals surface area contributed by atoms with Gasteiger partial charge in [-0.2, -0.15) is 17.2 Å². The summed E-state index contributed by atoms with van der Waals surface area (Å²) in [5.74, 6) is -2.25. The van der Waals surface area contributed by atoms with Crippen molar-refractivity contribution in [2.75, 3.05) is 0 Å². The van der Waals surface area contributed by atoms with E-state index in [-0.39, 0.29) is 17.8 Å². The van der Waals surface area contributed by atoms with E-state index in [2.05, 4.69) is 0 Å². The smallest absolute Gasteiger partial charge is 0.456 e. The molecule has 0 radical (unpaired) electrons. The van der Waals surface area contributed by atoms with Crippen LogP contribution in [0.1, 0.15) is 37.2 Å². The number of hydrogen-bond donors (Lipinski definition) is 1. The molecular formula is C16H18F2O5S. The van der Waals surface area contributed by atoms with Crippen molar-refractivity contribution in [1.82, 2.24) is 0 Å². The quantitative estimate of drug-likeness (QED) is 0.659. The van der Waals surface area contributed by atoms with Crippen molar-refractivity contribution in [2.45, 2.75) is 43.0 Å². The maximum Gasteiger partial charge on any atom is 0.465 e. The molecule has 0 amide bonds. The molecule has 3 rings (SSSR count). The van der Waals surface area contributed by atoms with Gasteiger partial charge in [-0.05, 0) is 24.3 Å². The highest BCUT2D eigenvalue weighted by Gasteiger charge is 2.59. The number of carbonyl (C=O) groups excluding carboxylic acids is 1. The van der Waals surface area contributed by atoms with Gasteiger partial charge in [0, 0.05) is 11.8 Å². The van der Waals surface area contributed by atoms with Gasteiger partial charge >= 0.3 is 21.3 Å². The van der Waals surface area contributed by atoms with Crippen molar-refractivity contribution in [3.63, 3.8) is 0 Å². The van der Waals surface area contributed by atoms with Crippen molar-refractivity contribution < 1.29 is 31.3 Å². The third-order valence-corrected chi connectivity index (χ3v) is 5.92. The number of carbonyl (C=O) groups is 1. The van der Waals surface area contributed by atoms with Gasteiger partial charge in [0.15, 0.2) is 0 Å². The van der Waals surface area contributed by atoms with Crippen LogP contribution in [0.3, 0.4) is 0 Å². The fourth-order valence-electron chi connectivity index (χ4n) is 3.98. The minimum atomic E-state index is -5.85. The Hall–Kier alpha value is -1.54. The average molecular weight is 360 g/mol. The number of hydrogen-bond acceptors (Lipinski definition) is 4. The highest BCUT2D eigenvalue weighted by atomic mass is 32.2. The van der Waals surface area contributed by atoms with Crippen LogP contribution in [0.4, 0.5) is 8.78 Å². The predicted molar refractivity (Wildman–Crippen MR) is 81.0 cm³/mol. The van der Waals surface area contributed by atoms with Gasteiger partial charge < -0.3 is 4.74 Å². The van der Waals surface area contributed by atoms with Gasteiger partial charge in [0.05, 0.1) is 0 Å². The van der Waals surface area contributed by atoms with Gasteiger partial charge in [-0.25, -0.2) is 4.79 Å². The zero-order chi connectivity index (χ0) is 17.5. The molecule has 0 heterocycles. The summed E-state index contributed by atoms with van der Waals surface area (Å²) < 4.78 is 61.9. The fourth-order valence-corrected chi connectivity index (χ4v) is 4.24. The summed E-state index contributed by atoms with van der Waals surface area (Å²) >= 11 is 0. The first-order valence-electron chi connectivity index (χ1n) is 7.84. The molecule has 0 aliphatic heterocycles. The summed E-state index contributed by atoms with van der Waals surface area (Å²) in [6, 6.07) is 9.15. The second-order valence-electron chi connectivity index (χ2n) is 6.41. The van der Waals surface area contributed by atoms with Gasteiger partial charge in [-0.15, -0.1) is 0 Å². The third kappa shape index (κ3) is 2.82. The summed E-state index contributed by atoms with van der Waals surface area (Å²) in [5.41, 5.74) is 0.883. The Morgan fingerprint density at radius 2 is 1.71 bits per heavy atom. The molecule has 132 valence electrons. The molecular weight excluding hydrogens is 342 g/mol. The highest BCUT2D eigenvalue weighted by molar-refractivity contribution is 7.87. The number of fused-ring (bicyclic) bond motifs is 1. The van der Waals surface area contributed by atoms with E-state index in [0.717, 1.165) is 31.2 Å². The molecule has 2 aliphatic carbocycles. The molecule has 1 aromatic carbocycles. The molecule has 2 aliphatic rings. The Kier molecular flexibility index (Phi) is 4.37. The molecule has 1 N–H and O–H groups in total. The van der Waals surface area contributed by atoms with Crippen LogP contribution in [0.5, 0.6) is 0 Å². The summed E-state index contributed by atoms with van der Waals surface area (Å²) in [6.07, 6.45) is 2.84. The van der Waals surface area contributed by atoms with Crippen LogP contribution in [0.25, 0.3) is 0 Å². The lowest BCUT2D eigenvalue weighted by molar-refractivity contribution is -0.188. The van der Waals surface area contributed by atoms with Gasteiger partial charge in [-0.3, -0.25) is 4.55 Å². The Balaban J connectivity index is 1.83. The van der Waals surface area contributed by atoms with Crippen LogP contribution in [-0.4, -0.2) is 30.3 Å². The van der Waals surface area contributed by atoms with Crippen LogP contribution in [0, 0.1) is 11.8 Å². The standard InChI is InChI=1S/C16H18F2O5S/c17-16(18,24(20,21)22)15(19)23-14-12-9-5-4-8-11(12)13(14)10-6-2-1-3-7-10/h1-3,6-7,11-14H,4-5,8-9H2,(H,20,21,22). The monoisotopic (exact) mass is 360 g/mol. The lowest BCUT2D eigenvalue weighted by Gasteiger charge is -2.54. The predicted octanol–water partition coefficient (Wildman–Crippen LogP) is 2.98. The highest BCUT2D eigenvalue weighted by Crippen LogP contribution is 2.56. The number of alkyl halides is 2. The molecule has 5 nitrogen and oxygen atoms in total. The molecule has 4 unspecified atom stereocenters. The van der Waals surface area contributed by atoms with Gasteiger partial charge in [0.2, 0.25) is 0 Å². The number of rotatable bonds is 4. The van der Waals surface area contributed by atoms with E-state index in [0.29, 0.717) is 0 Å². The van der Waals surface area contributed by atoms with Crippen molar-refractivity contribution in [2.24, 2.45) is 11.8 Å². The van der Waals surface area contributed by atoms with Crippen molar-refractivity contribution in [3.8, 4) is 0 Å². The van der Waals surface area contributed by atoms with E-state index in [4.69, 9.17) is 9.29 Å². The number of esters is 1. The van der Waals surface area contributed by atoms with Crippen LogP contribution < -0.4 is 0 Å². The molecule has 2 fully saturated rings. The van der Waals surface area contributed by atoms with E-state index in [1.54, 1.807) is 0 Å². The van der Waals surface area contributed by atoms with Gasteiger partial charge in [-0.1, -0.05) is 43.2 Å². The molecule has 2 saturated carbocycles. The van der Waals surface area contributed by atoms with Crippen LogP contribution >= 0.6 is 0 Å². The van der Waals surface area contributed by atoms with E-state index in [1.165, 1.54) is 0 Å². The topological polar surface area (TPSA) is 80.7 Å². The van der Waals surface area contributed by atoms with Crippen LogP contribution in [0.15, 0.2) is 30.3 Å². The summed E-state index contributed by atoms with van der Waals surface area (Å²) in [6.45, 7) is 0. The number of benzene rings is 1. The normalized spacial score (nSPS) is 30.1. The summed E-state index contributed by atoms with van der Waals surface area (Å²) in [4.78, 5) is 11.7. The molecule has 0 bridgehead atoms. The van der Waals surface area contributed by atoms with Gasteiger partial charge in [0.25, 0.3) is 0 Å².